The maximum Gasteiger partial charge on any atom is 0.325 e. The molecule has 0 radical (unpaired) electrons. The Bertz CT molecular complexity index is 200. The summed E-state index contributed by atoms with van der Waals surface area (Å²) >= 11 is 0. The molecule has 0 aromatic heterocycles. The predicted octanol–water partition coefficient (Wildman–Crippen LogP) is 0.132. The zero-order valence-electron chi connectivity index (χ0n) is 7.87. The number of carbonyl (C=O) groups excluding carboxylic acids is 1. The van der Waals surface area contributed by atoms with Crippen LogP contribution in [0.2, 0.25) is 0 Å². The smallest absolute Gasteiger partial charge is 0.325 e. The molecule has 0 amide bonds. The van der Waals surface area contributed by atoms with Crippen molar-refractivity contribution in [2.45, 2.75) is 32.2 Å². The van der Waals surface area contributed by atoms with Crippen LogP contribution >= 0.6 is 0 Å². The lowest BCUT2D eigenvalue weighted by Gasteiger charge is -2.20. The van der Waals surface area contributed by atoms with Crippen LogP contribution in [0.15, 0.2) is 0 Å². The molecule has 0 fully saturated rings. The number of hydrogen-bond acceptors (Lipinski definition) is 4. The van der Waals surface area contributed by atoms with Gasteiger partial charge in [-0.2, -0.15) is 0 Å². The van der Waals surface area contributed by atoms with Crippen LogP contribution in [0.5, 0.6) is 0 Å². The summed E-state index contributed by atoms with van der Waals surface area (Å²) in [5.41, 5.74) is 4.36. The number of nitrogens with two attached hydrogens (primary N) is 1. The number of carbonyl (C=O) groups is 2. The summed E-state index contributed by atoms with van der Waals surface area (Å²) < 4.78 is 4.68. The Labute approximate surface area is 76.9 Å². The molecule has 0 spiro atoms. The standard InChI is InChI=1S/C8H15NO4/c1-3-13-7(12)8(2,9)5-4-6(10)11/h3-5,9H2,1-2H3,(H,10,11). The summed E-state index contributed by atoms with van der Waals surface area (Å²) in [6, 6.07) is 0. The van der Waals surface area contributed by atoms with Gasteiger partial charge in [-0.25, -0.2) is 0 Å². The number of rotatable bonds is 5. The van der Waals surface area contributed by atoms with Crippen molar-refractivity contribution in [2.75, 3.05) is 6.61 Å². The number of esters is 1. The van der Waals surface area contributed by atoms with Crippen LogP contribution < -0.4 is 5.73 Å². The normalized spacial score (nSPS) is 14.7. The summed E-state index contributed by atoms with van der Waals surface area (Å²) in [6.07, 6.45) is -0.0486. The molecule has 0 saturated heterocycles. The summed E-state index contributed by atoms with van der Waals surface area (Å²) in [5.74, 6) is -1.53. The maximum absolute atomic E-state index is 11.1. The van der Waals surface area contributed by atoms with E-state index in [4.69, 9.17) is 10.8 Å². The third-order valence-corrected chi connectivity index (χ3v) is 1.60. The van der Waals surface area contributed by atoms with E-state index in [-0.39, 0.29) is 19.4 Å². The summed E-state index contributed by atoms with van der Waals surface area (Å²) in [7, 11) is 0. The van der Waals surface area contributed by atoms with Gasteiger partial charge in [0.25, 0.3) is 0 Å². The van der Waals surface area contributed by atoms with Crippen molar-refractivity contribution in [2.24, 2.45) is 5.73 Å². The van der Waals surface area contributed by atoms with Crippen LogP contribution in [0.3, 0.4) is 0 Å². The fourth-order valence-corrected chi connectivity index (χ4v) is 0.765. The van der Waals surface area contributed by atoms with Gasteiger partial charge in [-0.15, -0.1) is 0 Å². The van der Waals surface area contributed by atoms with Gasteiger partial charge in [-0.05, 0) is 20.3 Å². The average molecular weight is 189 g/mol. The molecule has 0 heterocycles. The molecule has 0 aromatic carbocycles. The molecular formula is C8H15NO4. The highest BCUT2D eigenvalue weighted by atomic mass is 16.5. The van der Waals surface area contributed by atoms with Crippen molar-refractivity contribution < 1.29 is 19.4 Å². The fraction of sp³-hybridized carbons (Fsp3) is 0.750. The molecule has 0 saturated carbocycles. The van der Waals surface area contributed by atoms with E-state index in [0.29, 0.717) is 0 Å². The molecule has 0 aliphatic rings. The lowest BCUT2D eigenvalue weighted by Crippen LogP contribution is -2.46. The Balaban J connectivity index is 4.05. The van der Waals surface area contributed by atoms with Gasteiger partial charge < -0.3 is 15.6 Å². The van der Waals surface area contributed by atoms with E-state index in [9.17, 15) is 9.59 Å². The first kappa shape index (κ1) is 11.9. The van der Waals surface area contributed by atoms with Crippen molar-refractivity contribution in [1.82, 2.24) is 0 Å². The van der Waals surface area contributed by atoms with Crippen LogP contribution in [-0.4, -0.2) is 29.2 Å². The van der Waals surface area contributed by atoms with E-state index in [1.54, 1.807) is 6.92 Å². The van der Waals surface area contributed by atoms with Crippen molar-refractivity contribution >= 4 is 11.9 Å². The molecule has 3 N–H and O–H groups in total. The van der Waals surface area contributed by atoms with Crippen molar-refractivity contribution in [3.05, 3.63) is 0 Å². The molecule has 0 bridgehead atoms. The highest BCUT2D eigenvalue weighted by Gasteiger charge is 2.30. The topological polar surface area (TPSA) is 89.6 Å². The Hall–Kier alpha value is -1.10. The van der Waals surface area contributed by atoms with Crippen LogP contribution in [0.4, 0.5) is 0 Å². The SMILES string of the molecule is CCOC(=O)C(C)(N)CCC(=O)O. The molecule has 0 aromatic rings. The first-order chi connectivity index (χ1) is 5.90. The van der Waals surface area contributed by atoms with Gasteiger partial charge in [0.05, 0.1) is 6.61 Å². The third-order valence-electron chi connectivity index (χ3n) is 1.60. The fourth-order valence-electron chi connectivity index (χ4n) is 0.765. The van der Waals surface area contributed by atoms with Gasteiger partial charge in [0.1, 0.15) is 5.54 Å². The predicted molar refractivity (Wildman–Crippen MR) is 46.1 cm³/mol. The zero-order valence-corrected chi connectivity index (χ0v) is 7.87. The minimum atomic E-state index is -1.20. The lowest BCUT2D eigenvalue weighted by atomic mass is 9.97. The second-order valence-corrected chi connectivity index (χ2v) is 3.03. The quantitative estimate of drug-likeness (QED) is 0.600. The monoisotopic (exact) mass is 189 g/mol. The second kappa shape index (κ2) is 4.81. The van der Waals surface area contributed by atoms with Gasteiger partial charge in [0, 0.05) is 6.42 Å². The lowest BCUT2D eigenvalue weighted by molar-refractivity contribution is -0.149. The summed E-state index contributed by atoms with van der Waals surface area (Å²) in [4.78, 5) is 21.4. The van der Waals surface area contributed by atoms with Crippen LogP contribution in [0.1, 0.15) is 26.7 Å². The number of aliphatic carboxylic acids is 1. The average Bonchev–Trinajstić information content (AvgIpc) is 2.01. The van der Waals surface area contributed by atoms with Crippen LogP contribution in [0.25, 0.3) is 0 Å². The Morgan fingerprint density at radius 2 is 2.08 bits per heavy atom. The van der Waals surface area contributed by atoms with Crippen LogP contribution in [0, 0.1) is 0 Å². The van der Waals surface area contributed by atoms with Crippen LogP contribution in [-0.2, 0) is 14.3 Å². The molecular weight excluding hydrogens is 174 g/mol. The maximum atomic E-state index is 11.1. The molecule has 76 valence electrons. The van der Waals surface area contributed by atoms with Gasteiger partial charge in [0.15, 0.2) is 0 Å². The van der Waals surface area contributed by atoms with Gasteiger partial charge in [0.2, 0.25) is 0 Å². The third kappa shape index (κ3) is 4.47. The minimum Gasteiger partial charge on any atom is -0.481 e. The number of carboxylic acids is 1. The molecule has 0 aliphatic heterocycles. The molecule has 1 atom stereocenters. The summed E-state index contributed by atoms with van der Waals surface area (Å²) in [6.45, 7) is 3.39. The molecule has 1 unspecified atom stereocenters. The first-order valence-electron chi connectivity index (χ1n) is 4.08. The molecule has 5 nitrogen and oxygen atoms in total. The largest absolute Gasteiger partial charge is 0.481 e. The Morgan fingerprint density at radius 3 is 2.46 bits per heavy atom. The molecule has 13 heavy (non-hydrogen) atoms. The van der Waals surface area contributed by atoms with E-state index in [1.807, 2.05) is 0 Å². The van der Waals surface area contributed by atoms with E-state index in [1.165, 1.54) is 6.92 Å². The van der Waals surface area contributed by atoms with Gasteiger partial charge in [-0.3, -0.25) is 9.59 Å². The van der Waals surface area contributed by atoms with E-state index in [2.05, 4.69) is 4.74 Å². The minimum absolute atomic E-state index is 0.0845. The molecule has 5 heteroatoms. The highest BCUT2D eigenvalue weighted by Crippen LogP contribution is 2.10. The highest BCUT2D eigenvalue weighted by molar-refractivity contribution is 5.80. The number of hydrogen-bond donors (Lipinski definition) is 2. The van der Waals surface area contributed by atoms with E-state index < -0.39 is 17.5 Å². The van der Waals surface area contributed by atoms with Crippen molar-refractivity contribution in [3.8, 4) is 0 Å². The first-order valence-corrected chi connectivity index (χ1v) is 4.08. The second-order valence-electron chi connectivity index (χ2n) is 3.03. The van der Waals surface area contributed by atoms with Gasteiger partial charge in [-0.1, -0.05) is 0 Å². The van der Waals surface area contributed by atoms with Crippen molar-refractivity contribution in [1.29, 1.82) is 0 Å². The number of carboxylic acid groups (broad SMARTS) is 1. The Morgan fingerprint density at radius 1 is 1.54 bits per heavy atom. The molecule has 0 aliphatic carbocycles. The zero-order chi connectivity index (χ0) is 10.5. The summed E-state index contributed by atoms with van der Waals surface area (Å²) in [5, 5.41) is 8.38. The molecule has 0 rings (SSSR count). The van der Waals surface area contributed by atoms with E-state index in [0.717, 1.165) is 0 Å². The van der Waals surface area contributed by atoms with E-state index >= 15 is 0 Å². The number of ether oxygens (including phenoxy) is 1. The van der Waals surface area contributed by atoms with Crippen molar-refractivity contribution in [3.63, 3.8) is 0 Å². The van der Waals surface area contributed by atoms with Gasteiger partial charge >= 0.3 is 11.9 Å². The Kier molecular flexibility index (Phi) is 4.40.